The van der Waals surface area contributed by atoms with Crippen molar-refractivity contribution in [2.45, 2.75) is 0 Å². The Bertz CT molecular complexity index is 998. The number of rotatable bonds is 0. The molecular weight excluding hydrogens is 334 g/mol. The molecule has 0 aliphatic heterocycles. The van der Waals surface area contributed by atoms with Crippen LogP contribution in [-0.4, -0.2) is 24.9 Å². The third kappa shape index (κ3) is 4.04. The molecule has 6 aromatic rings. The molecule has 132 valence electrons. The summed E-state index contributed by atoms with van der Waals surface area (Å²) in [6.07, 6.45) is 9.03. The van der Waals surface area contributed by atoms with Crippen molar-refractivity contribution in [3.63, 3.8) is 0 Å². The summed E-state index contributed by atoms with van der Waals surface area (Å²) in [6, 6.07) is 22.5. The molecule has 6 rings (SSSR count). The fourth-order valence-corrected chi connectivity index (χ4v) is 2.78. The first-order valence-corrected chi connectivity index (χ1v) is 8.67. The first kappa shape index (κ1) is 16.6. The number of benzene rings is 2. The summed E-state index contributed by atoms with van der Waals surface area (Å²) < 4.78 is 0. The maximum absolute atomic E-state index is 4.00. The average Bonchev–Trinajstić information content (AvgIpc) is 3.48. The van der Waals surface area contributed by atoms with Crippen LogP contribution >= 0.6 is 0 Å². The Kier molecular flexibility index (Phi) is 4.93. The molecule has 0 aliphatic rings. The summed E-state index contributed by atoms with van der Waals surface area (Å²) in [6.45, 7) is 0. The molecule has 0 bridgehead atoms. The highest BCUT2D eigenvalue weighted by atomic mass is 14.9. The zero-order valence-electron chi connectivity index (χ0n) is 14.6. The third-order valence-corrected chi connectivity index (χ3v) is 4.15. The number of para-hydroxylation sites is 2. The molecule has 3 N–H and O–H groups in total. The zero-order valence-corrected chi connectivity index (χ0v) is 14.6. The monoisotopic (exact) mass is 353 g/mol. The van der Waals surface area contributed by atoms with Crippen LogP contribution in [0.1, 0.15) is 0 Å². The van der Waals surface area contributed by atoms with E-state index < -0.39 is 0 Å². The Hall–Kier alpha value is -3.86. The van der Waals surface area contributed by atoms with E-state index in [4.69, 9.17) is 0 Å². The lowest BCUT2D eigenvalue weighted by Gasteiger charge is -1.83. The summed E-state index contributed by atoms with van der Waals surface area (Å²) in [7, 11) is 0. The third-order valence-electron chi connectivity index (χ3n) is 4.15. The highest BCUT2D eigenvalue weighted by molar-refractivity contribution is 5.79. The molecule has 0 radical (unpaired) electrons. The zero-order chi connectivity index (χ0) is 18.3. The molecule has 0 atom stereocenters. The number of fused-ring (bicyclic) bond motifs is 3. The lowest BCUT2D eigenvalue weighted by molar-refractivity contribution is 1.22. The van der Waals surface area contributed by atoms with E-state index >= 15 is 0 Å². The van der Waals surface area contributed by atoms with Gasteiger partial charge in [-0.1, -0.05) is 36.4 Å². The SMILES string of the molecule is c1ccc2[nH]ccc2c1.c1ccc2[nH]ccc2c1.c1ncc2[nH]ccc2n1. The topological polar surface area (TPSA) is 73.2 Å². The van der Waals surface area contributed by atoms with Gasteiger partial charge >= 0.3 is 0 Å². The second kappa shape index (κ2) is 8.01. The summed E-state index contributed by atoms with van der Waals surface area (Å²) in [5.74, 6) is 0. The molecule has 4 aromatic heterocycles. The van der Waals surface area contributed by atoms with Gasteiger partial charge in [0.25, 0.3) is 0 Å². The van der Waals surface area contributed by atoms with Gasteiger partial charge in [0.05, 0.1) is 17.2 Å². The van der Waals surface area contributed by atoms with Crippen molar-refractivity contribution < 1.29 is 0 Å². The first-order chi connectivity index (χ1) is 13.4. The van der Waals surface area contributed by atoms with Gasteiger partial charge in [0, 0.05) is 29.6 Å². The number of aromatic amines is 3. The summed E-state index contributed by atoms with van der Waals surface area (Å²) in [5.41, 5.74) is 4.36. The van der Waals surface area contributed by atoms with Crippen LogP contribution in [-0.2, 0) is 0 Å². The molecule has 0 saturated carbocycles. The van der Waals surface area contributed by atoms with Crippen LogP contribution in [0.15, 0.2) is 97.8 Å². The summed E-state index contributed by atoms with van der Waals surface area (Å²) in [5, 5.41) is 2.55. The molecule has 2 aromatic carbocycles. The first-order valence-electron chi connectivity index (χ1n) is 8.67. The number of aromatic nitrogens is 5. The van der Waals surface area contributed by atoms with Crippen LogP contribution < -0.4 is 0 Å². The Labute approximate surface area is 156 Å². The highest BCUT2D eigenvalue weighted by Crippen LogP contribution is 2.10. The van der Waals surface area contributed by atoms with Gasteiger partial charge in [-0.2, -0.15) is 0 Å². The van der Waals surface area contributed by atoms with Gasteiger partial charge in [-0.15, -0.1) is 0 Å². The lowest BCUT2D eigenvalue weighted by atomic mass is 10.3. The van der Waals surface area contributed by atoms with E-state index in [9.17, 15) is 0 Å². The molecule has 0 aliphatic carbocycles. The second-order valence-electron chi connectivity index (χ2n) is 5.93. The maximum Gasteiger partial charge on any atom is 0.116 e. The van der Waals surface area contributed by atoms with Gasteiger partial charge in [0.1, 0.15) is 6.33 Å². The number of hydrogen-bond donors (Lipinski definition) is 3. The largest absolute Gasteiger partial charge is 0.361 e. The van der Waals surface area contributed by atoms with Crippen LogP contribution in [0.2, 0.25) is 0 Å². The molecule has 0 spiro atoms. The van der Waals surface area contributed by atoms with Gasteiger partial charge < -0.3 is 15.0 Å². The van der Waals surface area contributed by atoms with Crippen LogP contribution in [0.5, 0.6) is 0 Å². The minimum absolute atomic E-state index is 0.963. The quantitative estimate of drug-likeness (QED) is 0.347. The van der Waals surface area contributed by atoms with E-state index in [-0.39, 0.29) is 0 Å². The normalized spacial score (nSPS) is 10.2. The van der Waals surface area contributed by atoms with Crippen molar-refractivity contribution in [2.75, 3.05) is 0 Å². The fraction of sp³-hybridized carbons (Fsp3) is 0. The predicted octanol–water partition coefficient (Wildman–Crippen LogP) is 5.29. The van der Waals surface area contributed by atoms with Crippen molar-refractivity contribution in [3.05, 3.63) is 97.8 Å². The van der Waals surface area contributed by atoms with Gasteiger partial charge in [-0.3, -0.25) is 0 Å². The molecule has 0 saturated heterocycles. The van der Waals surface area contributed by atoms with Gasteiger partial charge in [0.2, 0.25) is 0 Å². The molecule has 0 unspecified atom stereocenters. The van der Waals surface area contributed by atoms with Crippen molar-refractivity contribution in [1.29, 1.82) is 0 Å². The van der Waals surface area contributed by atoms with Crippen molar-refractivity contribution >= 4 is 32.8 Å². The average molecular weight is 353 g/mol. The van der Waals surface area contributed by atoms with Crippen LogP contribution in [0.3, 0.4) is 0 Å². The van der Waals surface area contributed by atoms with Crippen LogP contribution in [0.4, 0.5) is 0 Å². The Morgan fingerprint density at radius 3 is 1.70 bits per heavy atom. The Balaban J connectivity index is 0.0000001000. The molecule has 5 nitrogen and oxygen atoms in total. The van der Waals surface area contributed by atoms with Crippen molar-refractivity contribution in [1.82, 2.24) is 24.9 Å². The molecular formula is C22H19N5. The highest BCUT2D eigenvalue weighted by Gasteiger charge is 1.89. The standard InChI is InChI=1S/2C8H7N.C6H5N3/c2*1-2-4-8-7(3-1)5-6-9-8;1-2-8-6-3-7-4-9-5(1)6/h2*1-6,9H;1-4,8H. The molecule has 0 amide bonds. The van der Waals surface area contributed by atoms with E-state index in [2.05, 4.69) is 61.3 Å². The van der Waals surface area contributed by atoms with Crippen molar-refractivity contribution in [2.24, 2.45) is 0 Å². The summed E-state index contributed by atoms with van der Waals surface area (Å²) >= 11 is 0. The van der Waals surface area contributed by atoms with Gasteiger partial charge in [-0.05, 0) is 41.1 Å². The van der Waals surface area contributed by atoms with Gasteiger partial charge in [0.15, 0.2) is 0 Å². The van der Waals surface area contributed by atoms with Crippen LogP contribution in [0.25, 0.3) is 32.8 Å². The van der Waals surface area contributed by atoms with Crippen molar-refractivity contribution in [3.8, 4) is 0 Å². The minimum Gasteiger partial charge on any atom is -0.361 e. The molecule has 27 heavy (non-hydrogen) atoms. The number of H-pyrrole nitrogens is 3. The van der Waals surface area contributed by atoms with E-state index in [1.54, 1.807) is 6.20 Å². The number of nitrogens with one attached hydrogen (secondary N) is 3. The Morgan fingerprint density at radius 2 is 1.11 bits per heavy atom. The molecule has 4 heterocycles. The van der Waals surface area contributed by atoms with Crippen LogP contribution in [0, 0.1) is 0 Å². The second-order valence-corrected chi connectivity index (χ2v) is 5.93. The maximum atomic E-state index is 4.00. The summed E-state index contributed by atoms with van der Waals surface area (Å²) in [4.78, 5) is 17.1. The smallest absolute Gasteiger partial charge is 0.116 e. The van der Waals surface area contributed by atoms with E-state index in [0.29, 0.717) is 0 Å². The minimum atomic E-state index is 0.963. The lowest BCUT2D eigenvalue weighted by Crippen LogP contribution is -1.74. The van der Waals surface area contributed by atoms with E-state index in [0.717, 1.165) is 11.0 Å². The Morgan fingerprint density at radius 1 is 0.556 bits per heavy atom. The molecule has 5 heteroatoms. The van der Waals surface area contributed by atoms with E-state index in [1.807, 2.05) is 48.9 Å². The number of nitrogens with zero attached hydrogens (tertiary/aromatic N) is 2. The predicted molar refractivity (Wildman–Crippen MR) is 110 cm³/mol. The van der Waals surface area contributed by atoms with E-state index in [1.165, 1.54) is 28.1 Å². The molecule has 0 fully saturated rings. The number of hydrogen-bond acceptors (Lipinski definition) is 2. The fourth-order valence-electron chi connectivity index (χ4n) is 2.78. The van der Waals surface area contributed by atoms with Gasteiger partial charge in [-0.25, -0.2) is 9.97 Å².